The van der Waals surface area contributed by atoms with E-state index < -0.39 is 24.3 Å². The Morgan fingerprint density at radius 3 is 2.24 bits per heavy atom. The molecule has 0 unspecified atom stereocenters. The van der Waals surface area contributed by atoms with Crippen LogP contribution in [0.3, 0.4) is 0 Å². The summed E-state index contributed by atoms with van der Waals surface area (Å²) in [7, 11) is 0. The molecule has 1 aromatic heterocycles. The SMILES string of the molecule is C=CCO[C@@H]1CC[C@H]2[C@H]1OCCN2Cc1cccnc1.O=C(O)C(F)(F)F.O=C(O)C(F)(F)F. The molecule has 0 amide bonds. The number of carboxylic acids is 2. The molecule has 0 radical (unpaired) electrons. The van der Waals surface area contributed by atoms with Crippen molar-refractivity contribution in [1.82, 2.24) is 9.88 Å². The van der Waals surface area contributed by atoms with Crippen molar-refractivity contribution >= 4 is 11.9 Å². The Morgan fingerprint density at radius 1 is 1.18 bits per heavy atom. The van der Waals surface area contributed by atoms with Gasteiger partial charge in [0.25, 0.3) is 0 Å². The molecule has 192 valence electrons. The summed E-state index contributed by atoms with van der Waals surface area (Å²) in [6.07, 6.45) is -1.94. The highest BCUT2D eigenvalue weighted by Crippen LogP contribution is 2.32. The van der Waals surface area contributed by atoms with E-state index in [0.717, 1.165) is 32.5 Å². The zero-order valence-electron chi connectivity index (χ0n) is 17.8. The van der Waals surface area contributed by atoms with Gasteiger partial charge in [-0.3, -0.25) is 9.88 Å². The Hall–Kier alpha value is -2.71. The summed E-state index contributed by atoms with van der Waals surface area (Å²) in [6, 6.07) is 4.61. The first-order valence-electron chi connectivity index (χ1n) is 9.84. The lowest BCUT2D eigenvalue weighted by Crippen LogP contribution is -2.51. The second-order valence-corrected chi connectivity index (χ2v) is 7.08. The molecule has 34 heavy (non-hydrogen) atoms. The van der Waals surface area contributed by atoms with Crippen LogP contribution in [0.15, 0.2) is 37.2 Å². The predicted molar refractivity (Wildman–Crippen MR) is 105 cm³/mol. The third-order valence-corrected chi connectivity index (χ3v) is 4.67. The maximum Gasteiger partial charge on any atom is 0.490 e. The normalized spacial score (nSPS) is 22.4. The molecule has 2 N–H and O–H groups in total. The lowest BCUT2D eigenvalue weighted by molar-refractivity contribution is -0.193. The Kier molecular flexibility index (Phi) is 11.4. The van der Waals surface area contributed by atoms with E-state index in [0.29, 0.717) is 12.6 Å². The fourth-order valence-corrected chi connectivity index (χ4v) is 3.28. The second kappa shape index (κ2) is 13.2. The largest absolute Gasteiger partial charge is 0.490 e. The van der Waals surface area contributed by atoms with Gasteiger partial charge >= 0.3 is 24.3 Å². The molecule has 8 nitrogen and oxygen atoms in total. The number of alkyl halides is 6. The van der Waals surface area contributed by atoms with Crippen LogP contribution in [0.4, 0.5) is 26.3 Å². The van der Waals surface area contributed by atoms with Gasteiger partial charge in [0.1, 0.15) is 0 Å². The molecule has 1 aromatic rings. The first-order chi connectivity index (χ1) is 15.8. The van der Waals surface area contributed by atoms with Gasteiger partial charge in [-0.2, -0.15) is 26.3 Å². The number of ether oxygens (including phenoxy) is 2. The Morgan fingerprint density at radius 2 is 1.76 bits per heavy atom. The van der Waals surface area contributed by atoms with Crippen molar-refractivity contribution in [3.05, 3.63) is 42.7 Å². The molecule has 1 aliphatic heterocycles. The summed E-state index contributed by atoms with van der Waals surface area (Å²) in [4.78, 5) is 24.5. The third-order valence-electron chi connectivity index (χ3n) is 4.67. The number of hydrogen-bond acceptors (Lipinski definition) is 6. The number of aromatic nitrogens is 1. The van der Waals surface area contributed by atoms with Crippen LogP contribution in [0.5, 0.6) is 0 Å². The van der Waals surface area contributed by atoms with Crippen LogP contribution in [-0.2, 0) is 25.6 Å². The molecule has 1 saturated heterocycles. The Bertz CT molecular complexity index is 766. The first kappa shape index (κ1) is 29.3. The first-order valence-corrected chi connectivity index (χ1v) is 9.84. The number of morpholine rings is 1. The van der Waals surface area contributed by atoms with E-state index in [4.69, 9.17) is 29.3 Å². The average Bonchev–Trinajstić information content (AvgIpc) is 3.16. The molecule has 0 bridgehead atoms. The van der Waals surface area contributed by atoms with E-state index in [1.54, 1.807) is 0 Å². The van der Waals surface area contributed by atoms with E-state index >= 15 is 0 Å². The van der Waals surface area contributed by atoms with Crippen molar-refractivity contribution in [1.29, 1.82) is 0 Å². The highest BCUT2D eigenvalue weighted by Gasteiger charge is 2.43. The number of nitrogens with zero attached hydrogens (tertiary/aromatic N) is 2. The Balaban J connectivity index is 0.000000343. The van der Waals surface area contributed by atoms with E-state index in [-0.39, 0.29) is 12.2 Å². The lowest BCUT2D eigenvalue weighted by atomic mass is 10.1. The number of carboxylic acid groups (broad SMARTS) is 2. The maximum atomic E-state index is 10.6. The van der Waals surface area contributed by atoms with Crippen molar-refractivity contribution in [3.8, 4) is 0 Å². The van der Waals surface area contributed by atoms with E-state index in [9.17, 15) is 26.3 Å². The van der Waals surface area contributed by atoms with Crippen molar-refractivity contribution < 1.29 is 55.6 Å². The lowest BCUT2D eigenvalue weighted by Gasteiger charge is -2.39. The van der Waals surface area contributed by atoms with Crippen LogP contribution in [-0.4, -0.2) is 82.4 Å². The van der Waals surface area contributed by atoms with Crippen LogP contribution in [0.2, 0.25) is 0 Å². The zero-order chi connectivity index (χ0) is 25.9. The number of hydrogen-bond donors (Lipinski definition) is 2. The number of rotatable bonds is 5. The van der Waals surface area contributed by atoms with E-state index in [2.05, 4.69) is 22.5 Å². The third kappa shape index (κ3) is 10.1. The van der Waals surface area contributed by atoms with Gasteiger partial charge in [-0.15, -0.1) is 6.58 Å². The number of halogens is 6. The molecule has 0 aromatic carbocycles. The van der Waals surface area contributed by atoms with Crippen LogP contribution < -0.4 is 0 Å². The van der Waals surface area contributed by atoms with Crippen LogP contribution in [0.1, 0.15) is 18.4 Å². The number of pyridine rings is 1. The molecule has 1 aliphatic carbocycles. The second-order valence-electron chi connectivity index (χ2n) is 7.08. The van der Waals surface area contributed by atoms with Gasteiger partial charge in [0.15, 0.2) is 0 Å². The minimum Gasteiger partial charge on any atom is -0.475 e. The van der Waals surface area contributed by atoms with Gasteiger partial charge in [0, 0.05) is 31.5 Å². The van der Waals surface area contributed by atoms with Crippen LogP contribution >= 0.6 is 0 Å². The van der Waals surface area contributed by atoms with Gasteiger partial charge in [-0.1, -0.05) is 12.1 Å². The summed E-state index contributed by atoms with van der Waals surface area (Å²) in [5.74, 6) is -5.51. The quantitative estimate of drug-likeness (QED) is 0.467. The average molecular weight is 502 g/mol. The topological polar surface area (TPSA) is 109 Å². The van der Waals surface area contributed by atoms with Crippen LogP contribution in [0, 0.1) is 0 Å². The van der Waals surface area contributed by atoms with Crippen LogP contribution in [0.25, 0.3) is 0 Å². The molecular formula is C20H24F6N2O6. The van der Waals surface area contributed by atoms with Gasteiger partial charge in [0.05, 0.1) is 25.4 Å². The van der Waals surface area contributed by atoms with Gasteiger partial charge < -0.3 is 19.7 Å². The summed E-state index contributed by atoms with van der Waals surface area (Å²) in [5, 5.41) is 14.2. The standard InChI is InChI=1S/C16H22N2O2.2C2HF3O2/c1-2-9-19-15-6-5-14-16(15)20-10-8-18(14)12-13-4-3-7-17-11-13;2*3-2(4,5)1(6)7/h2-4,7,11,14-16H,1,5-6,8-10,12H2;2*(H,6,7)/t14-,15+,16+;;/m0../s1. The summed E-state index contributed by atoms with van der Waals surface area (Å²) < 4.78 is 75.3. The van der Waals surface area contributed by atoms with Gasteiger partial charge in [-0.25, -0.2) is 9.59 Å². The van der Waals surface area contributed by atoms with Gasteiger partial charge in [-0.05, 0) is 24.5 Å². The van der Waals surface area contributed by atoms with Crippen molar-refractivity contribution in [2.75, 3.05) is 19.8 Å². The molecule has 1 saturated carbocycles. The smallest absolute Gasteiger partial charge is 0.475 e. The molecule has 2 aliphatic rings. The summed E-state index contributed by atoms with van der Waals surface area (Å²) in [6.45, 7) is 7.05. The molecule has 2 fully saturated rings. The molecule has 3 atom stereocenters. The number of fused-ring (bicyclic) bond motifs is 1. The zero-order valence-corrected chi connectivity index (χ0v) is 17.8. The number of carbonyl (C=O) groups is 2. The molecule has 0 spiro atoms. The predicted octanol–water partition coefficient (Wildman–Crippen LogP) is 3.28. The fourth-order valence-electron chi connectivity index (χ4n) is 3.28. The van der Waals surface area contributed by atoms with Crippen molar-refractivity contribution in [2.24, 2.45) is 0 Å². The maximum absolute atomic E-state index is 10.6. The summed E-state index contributed by atoms with van der Waals surface area (Å²) in [5.41, 5.74) is 1.27. The van der Waals surface area contributed by atoms with E-state index in [1.807, 2.05) is 24.5 Å². The van der Waals surface area contributed by atoms with Crippen molar-refractivity contribution in [3.63, 3.8) is 0 Å². The minimum atomic E-state index is -5.08. The minimum absolute atomic E-state index is 0.209. The Labute approximate surface area is 190 Å². The highest BCUT2D eigenvalue weighted by molar-refractivity contribution is 5.73. The molecule has 3 rings (SSSR count). The number of aliphatic carboxylic acids is 2. The van der Waals surface area contributed by atoms with Crippen molar-refractivity contribution in [2.45, 2.75) is 50.0 Å². The van der Waals surface area contributed by atoms with Gasteiger partial charge in [0.2, 0.25) is 0 Å². The van der Waals surface area contributed by atoms with E-state index in [1.165, 1.54) is 5.56 Å². The fraction of sp³-hybridized carbons (Fsp3) is 0.550. The summed E-state index contributed by atoms with van der Waals surface area (Å²) >= 11 is 0. The molecular weight excluding hydrogens is 478 g/mol. The molecule has 2 heterocycles. The highest BCUT2D eigenvalue weighted by atomic mass is 19.4. The molecule has 14 heteroatoms. The monoisotopic (exact) mass is 502 g/mol.